The zero-order valence-electron chi connectivity index (χ0n) is 11.7. The monoisotopic (exact) mass is 274 g/mol. The molecule has 1 saturated heterocycles. The van der Waals surface area contributed by atoms with Gasteiger partial charge < -0.3 is 9.64 Å². The number of aromatic nitrogens is 1. The van der Waals surface area contributed by atoms with Crippen molar-refractivity contribution in [1.29, 1.82) is 0 Å². The molecule has 0 spiro atoms. The average molecular weight is 274 g/mol. The summed E-state index contributed by atoms with van der Waals surface area (Å²) in [6.07, 6.45) is 4.60. The highest BCUT2D eigenvalue weighted by atomic mass is 16.6. The number of rotatable bonds is 5. The van der Waals surface area contributed by atoms with E-state index in [1.807, 2.05) is 30.9 Å². The molecule has 1 aromatic heterocycles. The van der Waals surface area contributed by atoms with Gasteiger partial charge in [-0.05, 0) is 31.5 Å². The quantitative estimate of drug-likeness (QED) is 0.461. The SMILES string of the molecule is CCN(/C=C1/C(=O)OC(Cc2ccncc2)C1=O)CC. The minimum atomic E-state index is -0.716. The lowest BCUT2D eigenvalue weighted by Crippen LogP contribution is -2.21. The number of hydrogen-bond donors (Lipinski definition) is 0. The summed E-state index contributed by atoms with van der Waals surface area (Å²) < 4.78 is 5.18. The van der Waals surface area contributed by atoms with Gasteiger partial charge in [-0.3, -0.25) is 9.78 Å². The second-order valence-corrected chi connectivity index (χ2v) is 4.58. The lowest BCUT2D eigenvalue weighted by molar-refractivity contribution is -0.140. The lowest BCUT2D eigenvalue weighted by atomic mass is 10.0. The summed E-state index contributed by atoms with van der Waals surface area (Å²) >= 11 is 0. The number of carbonyl (C=O) groups is 2. The first-order valence-corrected chi connectivity index (χ1v) is 6.75. The number of hydrogen-bond acceptors (Lipinski definition) is 5. The lowest BCUT2D eigenvalue weighted by Gasteiger charge is -2.14. The van der Waals surface area contributed by atoms with Crippen LogP contribution in [0.3, 0.4) is 0 Å². The maximum Gasteiger partial charge on any atom is 0.344 e. The largest absolute Gasteiger partial charge is 0.450 e. The van der Waals surface area contributed by atoms with Gasteiger partial charge in [-0.1, -0.05) is 0 Å². The number of ketones is 1. The van der Waals surface area contributed by atoms with Crippen LogP contribution in [0.2, 0.25) is 0 Å². The Balaban J connectivity index is 2.13. The van der Waals surface area contributed by atoms with Crippen LogP contribution in [0.5, 0.6) is 0 Å². The summed E-state index contributed by atoms with van der Waals surface area (Å²) in [7, 11) is 0. The minimum absolute atomic E-state index is 0.146. The van der Waals surface area contributed by atoms with Crippen molar-refractivity contribution >= 4 is 11.8 Å². The molecule has 0 bridgehead atoms. The van der Waals surface area contributed by atoms with Gasteiger partial charge in [0, 0.05) is 38.1 Å². The molecule has 20 heavy (non-hydrogen) atoms. The summed E-state index contributed by atoms with van der Waals surface area (Å²) in [6, 6.07) is 3.63. The first kappa shape index (κ1) is 14.2. The van der Waals surface area contributed by atoms with Crippen LogP contribution in [-0.2, 0) is 20.7 Å². The van der Waals surface area contributed by atoms with Gasteiger partial charge in [0.2, 0.25) is 5.78 Å². The highest BCUT2D eigenvalue weighted by molar-refractivity contribution is 6.23. The molecule has 1 atom stereocenters. The van der Waals surface area contributed by atoms with Gasteiger partial charge in [0.15, 0.2) is 6.10 Å². The maximum atomic E-state index is 12.2. The number of esters is 1. The number of ether oxygens (including phenoxy) is 1. The Bertz CT molecular complexity index is 521. The van der Waals surface area contributed by atoms with E-state index >= 15 is 0 Å². The molecule has 0 aromatic carbocycles. The van der Waals surface area contributed by atoms with E-state index in [4.69, 9.17) is 4.74 Å². The Labute approximate surface area is 118 Å². The first-order chi connectivity index (χ1) is 9.65. The van der Waals surface area contributed by atoms with Gasteiger partial charge in [0.05, 0.1) is 0 Å². The predicted molar refractivity (Wildman–Crippen MR) is 73.8 cm³/mol. The van der Waals surface area contributed by atoms with E-state index in [2.05, 4.69) is 4.98 Å². The number of cyclic esters (lactones) is 1. The Hall–Kier alpha value is -2.17. The van der Waals surface area contributed by atoms with Crippen LogP contribution in [0.25, 0.3) is 0 Å². The van der Waals surface area contributed by atoms with E-state index in [-0.39, 0.29) is 11.4 Å². The highest BCUT2D eigenvalue weighted by Gasteiger charge is 2.38. The molecule has 0 amide bonds. The molecule has 5 nitrogen and oxygen atoms in total. The fourth-order valence-electron chi connectivity index (χ4n) is 2.09. The zero-order chi connectivity index (χ0) is 14.5. The molecule has 1 fully saturated rings. The Morgan fingerprint density at radius 3 is 2.50 bits per heavy atom. The van der Waals surface area contributed by atoms with Crippen LogP contribution in [0.1, 0.15) is 19.4 Å². The van der Waals surface area contributed by atoms with E-state index in [1.165, 1.54) is 0 Å². The fraction of sp³-hybridized carbons (Fsp3) is 0.400. The summed E-state index contributed by atoms with van der Waals surface area (Å²) in [4.78, 5) is 29.9. The first-order valence-electron chi connectivity index (χ1n) is 6.75. The van der Waals surface area contributed by atoms with Gasteiger partial charge >= 0.3 is 5.97 Å². The van der Waals surface area contributed by atoms with Crippen LogP contribution in [0, 0.1) is 0 Å². The van der Waals surface area contributed by atoms with Crippen LogP contribution in [-0.4, -0.2) is 40.8 Å². The third-order valence-corrected chi connectivity index (χ3v) is 3.32. The molecular formula is C15H18N2O3. The Morgan fingerprint density at radius 2 is 1.90 bits per heavy atom. The van der Waals surface area contributed by atoms with Crippen molar-refractivity contribution in [2.75, 3.05) is 13.1 Å². The number of Topliss-reactive ketones (excluding diaryl/α,β-unsaturated/α-hetero) is 1. The molecule has 2 heterocycles. The van der Waals surface area contributed by atoms with E-state index in [9.17, 15) is 9.59 Å². The van der Waals surface area contributed by atoms with Crippen molar-refractivity contribution in [3.8, 4) is 0 Å². The maximum absolute atomic E-state index is 12.2. The highest BCUT2D eigenvalue weighted by Crippen LogP contribution is 2.20. The molecule has 0 saturated carbocycles. The molecule has 2 rings (SSSR count). The number of carbonyl (C=O) groups excluding carboxylic acids is 2. The molecule has 1 aromatic rings. The second-order valence-electron chi connectivity index (χ2n) is 4.58. The second kappa shape index (κ2) is 6.32. The average Bonchev–Trinajstić information content (AvgIpc) is 2.72. The molecule has 106 valence electrons. The van der Waals surface area contributed by atoms with Crippen molar-refractivity contribution < 1.29 is 14.3 Å². The predicted octanol–water partition coefficient (Wildman–Crippen LogP) is 1.34. The van der Waals surface area contributed by atoms with Crippen molar-refractivity contribution in [3.63, 3.8) is 0 Å². The molecular weight excluding hydrogens is 256 g/mol. The van der Waals surface area contributed by atoms with E-state index in [0.717, 1.165) is 18.7 Å². The van der Waals surface area contributed by atoms with Gasteiger partial charge in [-0.25, -0.2) is 4.79 Å². The third-order valence-electron chi connectivity index (χ3n) is 3.32. The Kier molecular flexibility index (Phi) is 4.50. The van der Waals surface area contributed by atoms with Crippen LogP contribution in [0.4, 0.5) is 0 Å². The van der Waals surface area contributed by atoms with Crippen LogP contribution < -0.4 is 0 Å². The van der Waals surface area contributed by atoms with Gasteiger partial charge in [-0.2, -0.15) is 0 Å². The normalized spacial score (nSPS) is 20.3. The van der Waals surface area contributed by atoms with Crippen LogP contribution in [0.15, 0.2) is 36.3 Å². The summed E-state index contributed by atoms with van der Waals surface area (Å²) in [5.74, 6) is -0.764. The van der Waals surface area contributed by atoms with Crippen molar-refractivity contribution in [1.82, 2.24) is 9.88 Å². The zero-order valence-corrected chi connectivity index (χ0v) is 11.7. The van der Waals surface area contributed by atoms with Gasteiger partial charge in [0.25, 0.3) is 0 Å². The molecule has 0 aliphatic carbocycles. The topological polar surface area (TPSA) is 59.5 Å². The molecule has 0 radical (unpaired) electrons. The molecule has 5 heteroatoms. The summed E-state index contributed by atoms with van der Waals surface area (Å²) in [5, 5.41) is 0. The fourth-order valence-corrected chi connectivity index (χ4v) is 2.09. The summed E-state index contributed by atoms with van der Waals surface area (Å²) in [6.45, 7) is 5.44. The van der Waals surface area contributed by atoms with Crippen molar-refractivity contribution in [2.24, 2.45) is 0 Å². The molecule has 1 aliphatic rings. The van der Waals surface area contributed by atoms with Gasteiger partial charge in [-0.15, -0.1) is 0 Å². The molecule has 0 N–H and O–H groups in total. The summed E-state index contributed by atoms with van der Waals surface area (Å²) in [5.41, 5.74) is 1.07. The molecule has 1 unspecified atom stereocenters. The third kappa shape index (κ3) is 3.04. The van der Waals surface area contributed by atoms with Gasteiger partial charge in [0.1, 0.15) is 5.57 Å². The van der Waals surface area contributed by atoms with Crippen molar-refractivity contribution in [2.45, 2.75) is 26.4 Å². The Morgan fingerprint density at radius 1 is 1.25 bits per heavy atom. The van der Waals surface area contributed by atoms with E-state index < -0.39 is 12.1 Å². The number of nitrogens with zero attached hydrogens (tertiary/aromatic N) is 2. The molecule has 1 aliphatic heterocycles. The van der Waals surface area contributed by atoms with E-state index in [1.54, 1.807) is 18.6 Å². The number of pyridine rings is 1. The smallest absolute Gasteiger partial charge is 0.344 e. The minimum Gasteiger partial charge on any atom is -0.450 e. The van der Waals surface area contributed by atoms with Crippen LogP contribution >= 0.6 is 0 Å². The standard InChI is InChI=1S/C15H18N2O3/c1-3-17(4-2)10-12-14(18)13(20-15(12)19)9-11-5-7-16-8-6-11/h5-8,10,13H,3-4,9H2,1-2H3/b12-10+. The van der Waals surface area contributed by atoms with E-state index in [0.29, 0.717) is 6.42 Å². The van der Waals surface area contributed by atoms with Crippen molar-refractivity contribution in [3.05, 3.63) is 41.9 Å².